The molecule has 0 radical (unpaired) electrons. The molecule has 0 amide bonds. The van der Waals surface area contributed by atoms with Crippen molar-refractivity contribution in [1.82, 2.24) is 0 Å². The Morgan fingerprint density at radius 3 is 2.60 bits per heavy atom. The normalized spacial score (nSPS) is 11.0. The van der Waals surface area contributed by atoms with Crippen LogP contribution in [0.1, 0.15) is 11.1 Å². The maximum absolute atomic E-state index is 12.4. The second-order valence-corrected chi connectivity index (χ2v) is 6.58. The van der Waals surface area contributed by atoms with E-state index in [4.69, 9.17) is 22.6 Å². The van der Waals surface area contributed by atoms with Gasteiger partial charge in [-0.05, 0) is 29.8 Å². The average molecular weight is 307 g/mol. The molecule has 0 aliphatic heterocycles. The van der Waals surface area contributed by atoms with Crippen molar-refractivity contribution in [2.45, 2.75) is 10.6 Å². The average Bonchev–Trinajstić information content (AvgIpc) is 2.41. The summed E-state index contributed by atoms with van der Waals surface area (Å²) in [5.41, 5.74) is 6.69. The molecule has 102 valence electrons. The van der Waals surface area contributed by atoms with Crippen molar-refractivity contribution in [1.29, 1.82) is 5.26 Å². The number of sulfone groups is 1. The third-order valence-corrected chi connectivity index (χ3v) is 4.91. The summed E-state index contributed by atoms with van der Waals surface area (Å²) >= 11 is 5.92. The maximum atomic E-state index is 12.4. The van der Waals surface area contributed by atoms with Crippen LogP contribution in [0.2, 0.25) is 5.02 Å². The van der Waals surface area contributed by atoms with Gasteiger partial charge in [0.1, 0.15) is 0 Å². The number of anilines is 1. The van der Waals surface area contributed by atoms with Gasteiger partial charge in [0.15, 0.2) is 9.84 Å². The summed E-state index contributed by atoms with van der Waals surface area (Å²) in [6.45, 7) is 0. The summed E-state index contributed by atoms with van der Waals surface area (Å²) in [5.74, 6) is -0.292. The largest absolute Gasteiger partial charge is 0.399 e. The molecule has 0 saturated carbocycles. The van der Waals surface area contributed by atoms with Crippen molar-refractivity contribution in [3.05, 3.63) is 58.6 Å². The van der Waals surface area contributed by atoms with E-state index in [0.29, 0.717) is 16.8 Å². The zero-order valence-corrected chi connectivity index (χ0v) is 11.9. The third kappa shape index (κ3) is 2.93. The molecule has 0 fully saturated rings. The highest BCUT2D eigenvalue weighted by molar-refractivity contribution is 7.90. The van der Waals surface area contributed by atoms with Gasteiger partial charge in [-0.1, -0.05) is 29.8 Å². The van der Waals surface area contributed by atoms with Gasteiger partial charge in [0.05, 0.1) is 27.3 Å². The molecule has 0 unspecified atom stereocenters. The zero-order valence-electron chi connectivity index (χ0n) is 10.4. The van der Waals surface area contributed by atoms with Crippen LogP contribution in [0.5, 0.6) is 0 Å². The molecule has 0 bridgehead atoms. The molecule has 20 heavy (non-hydrogen) atoms. The lowest BCUT2D eigenvalue weighted by Gasteiger charge is -2.08. The maximum Gasteiger partial charge on any atom is 0.184 e. The molecular formula is C14H11ClN2O2S. The first-order chi connectivity index (χ1) is 9.44. The first-order valence-corrected chi connectivity index (χ1v) is 7.73. The molecule has 0 spiro atoms. The molecule has 4 nitrogen and oxygen atoms in total. The third-order valence-electron chi connectivity index (χ3n) is 2.77. The van der Waals surface area contributed by atoms with Crippen molar-refractivity contribution < 1.29 is 8.42 Å². The Hall–Kier alpha value is -2.03. The molecule has 0 saturated heterocycles. The predicted octanol–water partition coefficient (Wildman–Crippen LogP) is 2.77. The van der Waals surface area contributed by atoms with Crippen molar-refractivity contribution in [3.8, 4) is 6.07 Å². The monoisotopic (exact) mass is 306 g/mol. The molecule has 2 aromatic carbocycles. The highest BCUT2D eigenvalue weighted by atomic mass is 35.5. The molecule has 0 aliphatic carbocycles. The quantitative estimate of drug-likeness (QED) is 0.884. The number of hydrogen-bond donors (Lipinski definition) is 1. The van der Waals surface area contributed by atoms with Crippen LogP contribution < -0.4 is 5.73 Å². The van der Waals surface area contributed by atoms with E-state index in [1.54, 1.807) is 24.3 Å². The lowest BCUT2D eigenvalue weighted by atomic mass is 10.1. The number of hydrogen-bond acceptors (Lipinski definition) is 4. The standard InChI is InChI=1S/C14H11ClN2O2S/c15-13-6-5-12(17)7-14(13)20(18,19)9-11-4-2-1-3-10(11)8-16/h1-7H,9,17H2. The molecule has 0 heterocycles. The van der Waals surface area contributed by atoms with Crippen LogP contribution in [0.15, 0.2) is 47.4 Å². The van der Waals surface area contributed by atoms with Crippen LogP contribution in [0.25, 0.3) is 0 Å². The van der Waals surface area contributed by atoms with E-state index in [-0.39, 0.29) is 15.7 Å². The number of nitrogens with two attached hydrogens (primary N) is 1. The van der Waals surface area contributed by atoms with Crippen LogP contribution in [-0.4, -0.2) is 8.42 Å². The smallest absolute Gasteiger partial charge is 0.184 e. The number of nitrogens with zero attached hydrogens (tertiary/aromatic N) is 1. The van der Waals surface area contributed by atoms with Crippen molar-refractivity contribution >= 4 is 27.1 Å². The molecule has 2 aromatic rings. The first kappa shape index (κ1) is 14.4. The van der Waals surface area contributed by atoms with E-state index in [1.165, 1.54) is 18.2 Å². The van der Waals surface area contributed by atoms with Gasteiger partial charge in [-0.15, -0.1) is 0 Å². The van der Waals surface area contributed by atoms with Crippen molar-refractivity contribution in [2.75, 3.05) is 5.73 Å². The van der Waals surface area contributed by atoms with Gasteiger partial charge >= 0.3 is 0 Å². The summed E-state index contributed by atoms with van der Waals surface area (Å²) in [7, 11) is -3.66. The van der Waals surface area contributed by atoms with E-state index in [9.17, 15) is 8.42 Å². The van der Waals surface area contributed by atoms with E-state index in [1.807, 2.05) is 6.07 Å². The summed E-state index contributed by atoms with van der Waals surface area (Å²) in [4.78, 5) is -0.0214. The van der Waals surface area contributed by atoms with Gasteiger partial charge in [-0.25, -0.2) is 8.42 Å². The highest BCUT2D eigenvalue weighted by Crippen LogP contribution is 2.27. The van der Waals surface area contributed by atoms with Gasteiger partial charge in [0, 0.05) is 5.69 Å². The minimum Gasteiger partial charge on any atom is -0.399 e. The molecule has 2 rings (SSSR count). The number of halogens is 1. The van der Waals surface area contributed by atoms with Crippen LogP contribution in [0.3, 0.4) is 0 Å². The number of nitrogen functional groups attached to an aromatic ring is 1. The van der Waals surface area contributed by atoms with Crippen molar-refractivity contribution in [3.63, 3.8) is 0 Å². The Morgan fingerprint density at radius 2 is 1.90 bits per heavy atom. The number of rotatable bonds is 3. The molecule has 0 aromatic heterocycles. The molecule has 2 N–H and O–H groups in total. The fourth-order valence-corrected chi connectivity index (χ4v) is 3.76. The van der Waals surface area contributed by atoms with Crippen LogP contribution >= 0.6 is 11.6 Å². The van der Waals surface area contributed by atoms with Crippen LogP contribution in [0, 0.1) is 11.3 Å². The highest BCUT2D eigenvalue weighted by Gasteiger charge is 2.20. The van der Waals surface area contributed by atoms with E-state index < -0.39 is 9.84 Å². The minimum absolute atomic E-state index is 0.0214. The first-order valence-electron chi connectivity index (χ1n) is 5.70. The van der Waals surface area contributed by atoms with Gasteiger partial charge in [0.25, 0.3) is 0 Å². The van der Waals surface area contributed by atoms with Crippen LogP contribution in [-0.2, 0) is 15.6 Å². The Kier molecular flexibility index (Phi) is 3.98. The Bertz CT molecular complexity index is 795. The second-order valence-electron chi connectivity index (χ2n) is 4.22. The Morgan fingerprint density at radius 1 is 1.20 bits per heavy atom. The van der Waals surface area contributed by atoms with E-state index in [0.717, 1.165) is 0 Å². The van der Waals surface area contributed by atoms with Gasteiger partial charge < -0.3 is 5.73 Å². The van der Waals surface area contributed by atoms with Gasteiger partial charge in [-0.3, -0.25) is 0 Å². The van der Waals surface area contributed by atoms with E-state index >= 15 is 0 Å². The summed E-state index contributed by atoms with van der Waals surface area (Å²) in [5, 5.41) is 9.11. The summed E-state index contributed by atoms with van der Waals surface area (Å²) < 4.78 is 24.8. The lowest BCUT2D eigenvalue weighted by Crippen LogP contribution is -2.07. The fourth-order valence-electron chi connectivity index (χ4n) is 1.80. The SMILES string of the molecule is N#Cc1ccccc1CS(=O)(=O)c1cc(N)ccc1Cl. The van der Waals surface area contributed by atoms with Crippen LogP contribution in [0.4, 0.5) is 5.69 Å². The number of benzene rings is 2. The molecular weight excluding hydrogens is 296 g/mol. The topological polar surface area (TPSA) is 84.0 Å². The Labute approximate surface area is 122 Å². The Balaban J connectivity index is 2.47. The van der Waals surface area contributed by atoms with Crippen molar-refractivity contribution in [2.24, 2.45) is 0 Å². The minimum atomic E-state index is -3.66. The van der Waals surface area contributed by atoms with Gasteiger partial charge in [-0.2, -0.15) is 5.26 Å². The second kappa shape index (κ2) is 5.53. The lowest BCUT2D eigenvalue weighted by molar-refractivity contribution is 0.595. The summed E-state index contributed by atoms with van der Waals surface area (Å²) in [6.07, 6.45) is 0. The zero-order chi connectivity index (χ0) is 14.8. The molecule has 6 heteroatoms. The summed E-state index contributed by atoms with van der Waals surface area (Å²) in [6, 6.07) is 12.8. The predicted molar refractivity (Wildman–Crippen MR) is 77.9 cm³/mol. The fraction of sp³-hybridized carbons (Fsp3) is 0.0714. The van der Waals surface area contributed by atoms with E-state index in [2.05, 4.69) is 0 Å². The number of nitriles is 1. The molecule has 0 aliphatic rings. The van der Waals surface area contributed by atoms with Gasteiger partial charge in [0.2, 0.25) is 0 Å². The molecule has 0 atom stereocenters.